The third kappa shape index (κ3) is 2.58. The summed E-state index contributed by atoms with van der Waals surface area (Å²) in [6.07, 6.45) is 1.72. The van der Waals surface area contributed by atoms with Crippen LogP contribution < -0.4 is 5.32 Å². The van der Waals surface area contributed by atoms with E-state index in [4.69, 9.17) is 16.1 Å². The molecule has 0 fully saturated rings. The molecule has 0 aliphatic rings. The molecule has 0 aromatic carbocycles. The van der Waals surface area contributed by atoms with Crippen molar-refractivity contribution in [3.63, 3.8) is 0 Å². The van der Waals surface area contributed by atoms with E-state index >= 15 is 0 Å². The highest BCUT2D eigenvalue weighted by molar-refractivity contribution is 6.30. The summed E-state index contributed by atoms with van der Waals surface area (Å²) in [5, 5.41) is 7.72. The van der Waals surface area contributed by atoms with Crippen LogP contribution in [-0.2, 0) is 6.54 Å². The Morgan fingerprint density at radius 3 is 2.71 bits per heavy atom. The van der Waals surface area contributed by atoms with Crippen molar-refractivity contribution in [3.8, 4) is 0 Å². The second-order valence-corrected chi connectivity index (χ2v) is 4.35. The molecule has 0 saturated heterocycles. The molecule has 2 heterocycles. The van der Waals surface area contributed by atoms with Gasteiger partial charge in [-0.1, -0.05) is 16.8 Å². The molecule has 2 rings (SSSR count). The summed E-state index contributed by atoms with van der Waals surface area (Å²) in [5.74, 6) is 0.841. The minimum absolute atomic E-state index is 0.535. The smallest absolute Gasteiger partial charge is 0.138 e. The van der Waals surface area contributed by atoms with Crippen molar-refractivity contribution in [2.75, 3.05) is 5.32 Å². The Hall–Kier alpha value is -1.55. The Labute approximate surface area is 105 Å². The van der Waals surface area contributed by atoms with Crippen molar-refractivity contribution in [2.24, 2.45) is 0 Å². The predicted molar refractivity (Wildman–Crippen MR) is 67.3 cm³/mol. The van der Waals surface area contributed by atoms with E-state index in [0.29, 0.717) is 11.7 Å². The summed E-state index contributed by atoms with van der Waals surface area (Å²) in [5.41, 5.74) is 3.88. The largest absolute Gasteiger partial charge is 0.380 e. The molecule has 2 aromatic heterocycles. The lowest BCUT2D eigenvalue weighted by atomic mass is 10.2. The molecule has 0 radical (unpaired) electrons. The van der Waals surface area contributed by atoms with E-state index < -0.39 is 0 Å². The topological polar surface area (TPSA) is 51.0 Å². The van der Waals surface area contributed by atoms with Crippen molar-refractivity contribution >= 4 is 17.3 Å². The first kappa shape index (κ1) is 11.9. The molecule has 4 nitrogen and oxygen atoms in total. The molecular formula is C12H14ClN3O. The summed E-state index contributed by atoms with van der Waals surface area (Å²) >= 11 is 5.87. The molecule has 0 amide bonds. The highest BCUT2D eigenvalue weighted by atomic mass is 35.5. The van der Waals surface area contributed by atoms with Gasteiger partial charge in [0.15, 0.2) is 0 Å². The molecule has 17 heavy (non-hydrogen) atoms. The number of nitrogens with one attached hydrogen (secondary N) is 1. The van der Waals surface area contributed by atoms with E-state index in [-0.39, 0.29) is 0 Å². The average Bonchev–Trinajstić information content (AvgIpc) is 2.61. The van der Waals surface area contributed by atoms with Gasteiger partial charge in [-0.3, -0.25) is 0 Å². The molecule has 5 heteroatoms. The number of hydrogen-bond donors (Lipinski definition) is 1. The third-order valence-corrected chi connectivity index (χ3v) is 3.06. The zero-order valence-electron chi connectivity index (χ0n) is 10.0. The summed E-state index contributed by atoms with van der Waals surface area (Å²) in [6, 6.07) is 1.97. The van der Waals surface area contributed by atoms with E-state index in [1.165, 1.54) is 0 Å². The van der Waals surface area contributed by atoms with Gasteiger partial charge in [0.1, 0.15) is 10.9 Å². The van der Waals surface area contributed by atoms with Gasteiger partial charge in [0.25, 0.3) is 0 Å². The fraction of sp³-hybridized carbons (Fsp3) is 0.333. The molecular weight excluding hydrogens is 238 g/mol. The average molecular weight is 252 g/mol. The first-order valence-electron chi connectivity index (χ1n) is 5.35. The molecule has 90 valence electrons. The van der Waals surface area contributed by atoms with Crippen LogP contribution in [0.5, 0.6) is 0 Å². The van der Waals surface area contributed by atoms with Gasteiger partial charge in [-0.25, -0.2) is 4.98 Å². The van der Waals surface area contributed by atoms with Crippen LogP contribution in [0.15, 0.2) is 16.8 Å². The molecule has 0 atom stereocenters. The first-order chi connectivity index (χ1) is 8.08. The van der Waals surface area contributed by atoms with Crippen molar-refractivity contribution in [3.05, 3.63) is 40.0 Å². The van der Waals surface area contributed by atoms with Crippen molar-refractivity contribution in [2.45, 2.75) is 27.3 Å². The van der Waals surface area contributed by atoms with Crippen LogP contribution in [0.1, 0.15) is 22.6 Å². The molecule has 0 spiro atoms. The second kappa shape index (κ2) is 4.75. The summed E-state index contributed by atoms with van der Waals surface area (Å²) in [7, 11) is 0. The summed E-state index contributed by atoms with van der Waals surface area (Å²) in [6.45, 7) is 6.43. The zero-order valence-corrected chi connectivity index (χ0v) is 10.8. The number of aryl methyl sites for hydroxylation is 3. The number of nitrogens with zero attached hydrogens (tertiary/aromatic N) is 2. The molecule has 1 N–H and O–H groups in total. The number of anilines is 1. The number of hydrogen-bond acceptors (Lipinski definition) is 4. The molecule has 2 aromatic rings. The molecule has 0 unspecified atom stereocenters. The fourth-order valence-corrected chi connectivity index (χ4v) is 1.70. The maximum absolute atomic E-state index is 5.87. The Kier molecular flexibility index (Phi) is 3.33. The lowest BCUT2D eigenvalue weighted by Gasteiger charge is -2.07. The minimum Gasteiger partial charge on any atom is -0.380 e. The van der Waals surface area contributed by atoms with Gasteiger partial charge in [0, 0.05) is 12.1 Å². The highest BCUT2D eigenvalue weighted by Gasteiger charge is 2.08. The van der Waals surface area contributed by atoms with Crippen LogP contribution in [0.25, 0.3) is 0 Å². The summed E-state index contributed by atoms with van der Waals surface area (Å²) < 4.78 is 5.10. The maximum Gasteiger partial charge on any atom is 0.138 e. The highest BCUT2D eigenvalue weighted by Crippen LogP contribution is 2.18. The van der Waals surface area contributed by atoms with E-state index in [0.717, 1.165) is 28.3 Å². The molecule has 0 saturated carbocycles. The van der Waals surface area contributed by atoms with Crippen molar-refractivity contribution < 1.29 is 4.52 Å². The van der Waals surface area contributed by atoms with E-state index in [9.17, 15) is 0 Å². The quantitative estimate of drug-likeness (QED) is 0.851. The second-order valence-electron chi connectivity index (χ2n) is 3.99. The van der Waals surface area contributed by atoms with Crippen LogP contribution in [0.2, 0.25) is 5.15 Å². The fourth-order valence-electron chi connectivity index (χ4n) is 1.60. The van der Waals surface area contributed by atoms with Crippen molar-refractivity contribution in [1.82, 2.24) is 10.1 Å². The first-order valence-corrected chi connectivity index (χ1v) is 5.73. The van der Waals surface area contributed by atoms with Crippen LogP contribution in [0.4, 0.5) is 5.69 Å². The van der Waals surface area contributed by atoms with Crippen LogP contribution in [0.3, 0.4) is 0 Å². The van der Waals surface area contributed by atoms with Gasteiger partial charge < -0.3 is 9.84 Å². The maximum atomic E-state index is 5.87. The van der Waals surface area contributed by atoms with Gasteiger partial charge in [0.05, 0.1) is 17.6 Å². The van der Waals surface area contributed by atoms with Gasteiger partial charge in [-0.05, 0) is 32.4 Å². The SMILES string of the molecule is Cc1cc(NCc2c(C)noc2C)cnc1Cl. The Bertz CT molecular complexity index is 517. The Morgan fingerprint density at radius 2 is 2.12 bits per heavy atom. The van der Waals surface area contributed by atoms with E-state index in [1.807, 2.05) is 26.8 Å². The normalized spacial score (nSPS) is 10.6. The molecule has 0 aliphatic heterocycles. The molecule has 0 aliphatic carbocycles. The number of aromatic nitrogens is 2. The van der Waals surface area contributed by atoms with Crippen LogP contribution >= 0.6 is 11.6 Å². The van der Waals surface area contributed by atoms with Crippen molar-refractivity contribution in [1.29, 1.82) is 0 Å². The van der Waals surface area contributed by atoms with Crippen LogP contribution in [-0.4, -0.2) is 10.1 Å². The van der Waals surface area contributed by atoms with Gasteiger partial charge in [0.2, 0.25) is 0 Å². The monoisotopic (exact) mass is 251 g/mol. The third-order valence-electron chi connectivity index (χ3n) is 2.66. The number of rotatable bonds is 3. The molecule has 0 bridgehead atoms. The van der Waals surface area contributed by atoms with Crippen LogP contribution in [0, 0.1) is 20.8 Å². The predicted octanol–water partition coefficient (Wildman–Crippen LogP) is 3.26. The van der Waals surface area contributed by atoms with Gasteiger partial charge >= 0.3 is 0 Å². The Morgan fingerprint density at radius 1 is 1.35 bits per heavy atom. The lowest BCUT2D eigenvalue weighted by molar-refractivity contribution is 0.392. The van der Waals surface area contributed by atoms with E-state index in [2.05, 4.69) is 15.5 Å². The lowest BCUT2D eigenvalue weighted by Crippen LogP contribution is -2.02. The Balaban J connectivity index is 2.10. The minimum atomic E-state index is 0.535. The van der Waals surface area contributed by atoms with E-state index in [1.54, 1.807) is 6.20 Å². The standard InChI is InChI=1S/C12H14ClN3O/c1-7-4-10(5-15-12(7)13)14-6-11-8(2)16-17-9(11)3/h4-5,14H,6H2,1-3H3. The summed E-state index contributed by atoms with van der Waals surface area (Å²) in [4.78, 5) is 4.09. The zero-order chi connectivity index (χ0) is 12.4. The van der Waals surface area contributed by atoms with Gasteiger partial charge in [-0.15, -0.1) is 0 Å². The number of pyridine rings is 1. The van der Waals surface area contributed by atoms with Gasteiger partial charge in [-0.2, -0.15) is 0 Å². The number of halogens is 1.